The first-order valence-electron chi connectivity index (χ1n) is 9.04. The van der Waals surface area contributed by atoms with Crippen molar-refractivity contribution in [3.63, 3.8) is 0 Å². The first-order valence-corrected chi connectivity index (χ1v) is 9.04. The summed E-state index contributed by atoms with van der Waals surface area (Å²) >= 11 is 0. The molecule has 1 N–H and O–H groups in total. The molecule has 2 aromatic rings. The van der Waals surface area contributed by atoms with Crippen LogP contribution >= 0.6 is 0 Å². The molecule has 0 aromatic heterocycles. The van der Waals surface area contributed by atoms with Gasteiger partial charge in [-0.15, -0.1) is 0 Å². The normalized spacial score (nSPS) is 16.9. The number of benzene rings is 2. The highest BCUT2D eigenvalue weighted by atomic mass is 16.5. The molecule has 3 nitrogen and oxygen atoms in total. The van der Waals surface area contributed by atoms with Gasteiger partial charge in [-0.3, -0.25) is 0 Å². The molecule has 0 fully saturated rings. The van der Waals surface area contributed by atoms with Crippen LogP contribution < -0.4 is 9.47 Å². The molecule has 1 aliphatic rings. The molecule has 0 amide bonds. The maximum atomic E-state index is 10.5. The third-order valence-electron chi connectivity index (χ3n) is 5.36. The fourth-order valence-electron chi connectivity index (χ4n) is 3.16. The summed E-state index contributed by atoms with van der Waals surface area (Å²) in [5.41, 5.74) is 4.01. The van der Waals surface area contributed by atoms with E-state index < -0.39 is 0 Å². The maximum absolute atomic E-state index is 10.5. The standard InChI is InChI=1S/C22H28O3/c1-6-22(4,5)25-18-9-8-16-11-17(13-24-20(16)12-18)19-10-7-14(2)15(3)21(19)23/h7-10,12,17,23H,6,11,13H2,1-5H3. The van der Waals surface area contributed by atoms with Gasteiger partial charge in [0.2, 0.25) is 0 Å². The minimum Gasteiger partial charge on any atom is -0.507 e. The molecule has 3 rings (SSSR count). The van der Waals surface area contributed by atoms with E-state index in [9.17, 15) is 5.11 Å². The largest absolute Gasteiger partial charge is 0.507 e. The summed E-state index contributed by atoms with van der Waals surface area (Å²) in [6.07, 6.45) is 1.81. The Morgan fingerprint density at radius 3 is 2.68 bits per heavy atom. The van der Waals surface area contributed by atoms with Crippen LogP contribution in [0, 0.1) is 13.8 Å². The van der Waals surface area contributed by atoms with E-state index in [1.54, 1.807) is 0 Å². The topological polar surface area (TPSA) is 38.7 Å². The number of aromatic hydroxyl groups is 1. The Hall–Kier alpha value is -2.16. The number of aryl methyl sites for hydroxylation is 1. The van der Waals surface area contributed by atoms with Crippen LogP contribution in [0.4, 0.5) is 0 Å². The lowest BCUT2D eigenvalue weighted by Crippen LogP contribution is -2.27. The molecule has 1 unspecified atom stereocenters. The molecule has 0 aliphatic carbocycles. The molecule has 1 atom stereocenters. The van der Waals surface area contributed by atoms with Crippen LogP contribution in [0.2, 0.25) is 0 Å². The molecule has 25 heavy (non-hydrogen) atoms. The van der Waals surface area contributed by atoms with Gasteiger partial charge in [-0.2, -0.15) is 0 Å². The van der Waals surface area contributed by atoms with Crippen molar-refractivity contribution in [2.24, 2.45) is 0 Å². The lowest BCUT2D eigenvalue weighted by Gasteiger charge is -2.29. The van der Waals surface area contributed by atoms with Crippen LogP contribution in [0.1, 0.15) is 55.4 Å². The van der Waals surface area contributed by atoms with Crippen molar-refractivity contribution >= 4 is 0 Å². The number of phenols is 1. The van der Waals surface area contributed by atoms with Gasteiger partial charge in [0.1, 0.15) is 22.8 Å². The van der Waals surface area contributed by atoms with Gasteiger partial charge in [-0.25, -0.2) is 0 Å². The molecule has 134 valence electrons. The van der Waals surface area contributed by atoms with Crippen molar-refractivity contribution in [1.29, 1.82) is 0 Å². The number of hydrogen-bond acceptors (Lipinski definition) is 3. The Labute approximate surface area is 150 Å². The van der Waals surface area contributed by atoms with E-state index in [0.29, 0.717) is 12.4 Å². The second kappa shape index (κ2) is 6.62. The summed E-state index contributed by atoms with van der Waals surface area (Å²) in [5.74, 6) is 2.31. The Morgan fingerprint density at radius 1 is 1.20 bits per heavy atom. The van der Waals surface area contributed by atoms with E-state index in [4.69, 9.17) is 9.47 Å². The molecule has 0 spiro atoms. The van der Waals surface area contributed by atoms with Gasteiger partial charge in [0.15, 0.2) is 0 Å². The third-order valence-corrected chi connectivity index (χ3v) is 5.36. The zero-order valence-electron chi connectivity index (χ0n) is 15.8. The molecule has 0 saturated carbocycles. The molecule has 1 heterocycles. The first-order chi connectivity index (χ1) is 11.8. The summed E-state index contributed by atoms with van der Waals surface area (Å²) in [6.45, 7) is 10.9. The molecule has 0 saturated heterocycles. The van der Waals surface area contributed by atoms with Crippen LogP contribution in [0.5, 0.6) is 17.2 Å². The van der Waals surface area contributed by atoms with Gasteiger partial charge >= 0.3 is 0 Å². The summed E-state index contributed by atoms with van der Waals surface area (Å²) in [6, 6.07) is 10.2. The van der Waals surface area contributed by atoms with Gasteiger partial charge < -0.3 is 14.6 Å². The van der Waals surface area contributed by atoms with Crippen molar-refractivity contribution in [1.82, 2.24) is 0 Å². The minimum absolute atomic E-state index is 0.172. The fourth-order valence-corrected chi connectivity index (χ4v) is 3.16. The van der Waals surface area contributed by atoms with Crippen LogP contribution in [0.15, 0.2) is 30.3 Å². The second-order valence-electron chi connectivity index (χ2n) is 7.64. The van der Waals surface area contributed by atoms with Crippen LogP contribution in [0.25, 0.3) is 0 Å². The van der Waals surface area contributed by atoms with Crippen LogP contribution in [-0.2, 0) is 6.42 Å². The summed E-state index contributed by atoms with van der Waals surface area (Å²) in [4.78, 5) is 0. The second-order valence-corrected chi connectivity index (χ2v) is 7.64. The van der Waals surface area contributed by atoms with Gasteiger partial charge in [0, 0.05) is 17.5 Å². The Bertz CT molecular complexity index is 777. The van der Waals surface area contributed by atoms with Crippen molar-refractivity contribution in [3.8, 4) is 17.2 Å². The molecule has 0 bridgehead atoms. The Kier molecular flexibility index (Phi) is 4.68. The number of hydrogen-bond donors (Lipinski definition) is 1. The molecule has 3 heteroatoms. The number of fused-ring (bicyclic) bond motifs is 1. The fraction of sp³-hybridized carbons (Fsp3) is 0.455. The first kappa shape index (κ1) is 17.7. The van der Waals surface area contributed by atoms with E-state index in [1.165, 1.54) is 0 Å². The van der Waals surface area contributed by atoms with Gasteiger partial charge in [-0.05, 0) is 63.3 Å². The van der Waals surface area contributed by atoms with Gasteiger partial charge in [0.05, 0.1) is 6.61 Å². The Morgan fingerprint density at radius 2 is 1.96 bits per heavy atom. The van der Waals surface area contributed by atoms with Crippen molar-refractivity contribution in [2.45, 2.75) is 59.0 Å². The van der Waals surface area contributed by atoms with Gasteiger partial charge in [-0.1, -0.05) is 25.1 Å². The van der Waals surface area contributed by atoms with E-state index in [0.717, 1.165) is 46.6 Å². The molecule has 1 aliphatic heterocycles. The number of ether oxygens (including phenoxy) is 2. The summed E-state index contributed by atoms with van der Waals surface area (Å²) in [7, 11) is 0. The highest BCUT2D eigenvalue weighted by Gasteiger charge is 2.25. The molecule has 2 aromatic carbocycles. The predicted molar refractivity (Wildman–Crippen MR) is 101 cm³/mol. The van der Waals surface area contributed by atoms with E-state index in [2.05, 4.69) is 32.9 Å². The molecular formula is C22H28O3. The number of rotatable bonds is 4. The zero-order chi connectivity index (χ0) is 18.2. The average molecular weight is 340 g/mol. The summed E-state index contributed by atoms with van der Waals surface area (Å²) in [5, 5.41) is 10.5. The zero-order valence-corrected chi connectivity index (χ0v) is 15.8. The molecular weight excluding hydrogens is 312 g/mol. The molecule has 0 radical (unpaired) electrons. The minimum atomic E-state index is -0.184. The highest BCUT2D eigenvalue weighted by molar-refractivity contribution is 5.49. The average Bonchev–Trinajstić information content (AvgIpc) is 2.59. The smallest absolute Gasteiger partial charge is 0.126 e. The SMILES string of the molecule is CCC(C)(C)Oc1ccc2c(c1)OCC(c1ccc(C)c(C)c1O)C2. The highest BCUT2D eigenvalue weighted by Crippen LogP contribution is 2.39. The number of phenolic OH excluding ortho intramolecular Hbond substituents is 1. The van der Waals surface area contributed by atoms with Crippen molar-refractivity contribution < 1.29 is 14.6 Å². The summed E-state index contributed by atoms with van der Waals surface area (Å²) < 4.78 is 12.1. The van der Waals surface area contributed by atoms with E-state index >= 15 is 0 Å². The lowest BCUT2D eigenvalue weighted by atomic mass is 9.88. The van der Waals surface area contributed by atoms with E-state index in [1.807, 2.05) is 32.0 Å². The predicted octanol–water partition coefficient (Wildman–Crippen LogP) is 5.30. The van der Waals surface area contributed by atoms with E-state index in [-0.39, 0.29) is 11.5 Å². The van der Waals surface area contributed by atoms with Crippen LogP contribution in [0.3, 0.4) is 0 Å². The Balaban J connectivity index is 1.82. The van der Waals surface area contributed by atoms with Crippen molar-refractivity contribution in [3.05, 3.63) is 52.6 Å². The third kappa shape index (κ3) is 3.60. The lowest BCUT2D eigenvalue weighted by molar-refractivity contribution is 0.104. The quantitative estimate of drug-likeness (QED) is 0.821. The maximum Gasteiger partial charge on any atom is 0.126 e. The van der Waals surface area contributed by atoms with Gasteiger partial charge in [0.25, 0.3) is 0 Å². The van der Waals surface area contributed by atoms with Crippen LogP contribution in [-0.4, -0.2) is 17.3 Å². The van der Waals surface area contributed by atoms with Crippen molar-refractivity contribution in [2.75, 3.05) is 6.61 Å². The monoisotopic (exact) mass is 340 g/mol.